The van der Waals surface area contributed by atoms with E-state index >= 15 is 0 Å². The maximum Gasteiger partial charge on any atom is 0.153 e. The Morgan fingerprint density at radius 2 is 2.18 bits per heavy atom. The highest BCUT2D eigenvalue weighted by molar-refractivity contribution is 7.91. The molecule has 0 saturated heterocycles. The number of hydrogen-bond donors (Lipinski definition) is 1. The molecule has 2 N–H and O–H groups in total. The van der Waals surface area contributed by atoms with Gasteiger partial charge in [-0.25, -0.2) is 8.42 Å². The molecule has 17 heavy (non-hydrogen) atoms. The summed E-state index contributed by atoms with van der Waals surface area (Å²) < 4.78 is 23.1. The molecule has 0 spiro atoms. The van der Waals surface area contributed by atoms with Gasteiger partial charge in [0.2, 0.25) is 0 Å². The number of nitrogens with two attached hydrogens (primary N) is 1. The third-order valence-corrected chi connectivity index (χ3v) is 4.86. The van der Waals surface area contributed by atoms with Crippen molar-refractivity contribution >= 4 is 21.4 Å². The van der Waals surface area contributed by atoms with Crippen LogP contribution in [0.15, 0.2) is 24.3 Å². The predicted octanol–water partition coefficient (Wildman–Crippen LogP) is 1.07. The zero-order valence-electron chi connectivity index (χ0n) is 9.09. The van der Waals surface area contributed by atoms with Crippen LogP contribution in [0, 0.1) is 11.3 Å². The lowest BCUT2D eigenvalue weighted by Gasteiger charge is -2.00. The van der Waals surface area contributed by atoms with E-state index in [-0.39, 0.29) is 0 Å². The normalized spacial score (nSPS) is 31.9. The van der Waals surface area contributed by atoms with Crippen molar-refractivity contribution < 1.29 is 8.42 Å². The maximum atomic E-state index is 11.6. The molecule has 1 aliphatic carbocycles. The molecule has 0 bridgehead atoms. The van der Waals surface area contributed by atoms with E-state index in [1.807, 2.05) is 6.07 Å². The largest absolute Gasteiger partial charge is 0.312 e. The Bertz CT molecular complexity index is 608. The smallest absolute Gasteiger partial charge is 0.153 e. The van der Waals surface area contributed by atoms with E-state index in [0.29, 0.717) is 10.6 Å². The first-order valence-electron chi connectivity index (χ1n) is 4.95. The summed E-state index contributed by atoms with van der Waals surface area (Å²) in [7, 11) is -3.35. The minimum Gasteiger partial charge on any atom is -0.312 e. The van der Waals surface area contributed by atoms with Crippen LogP contribution in [0.1, 0.15) is 11.5 Å². The summed E-state index contributed by atoms with van der Waals surface area (Å²) in [5.41, 5.74) is 5.18. The van der Waals surface area contributed by atoms with Gasteiger partial charge in [0.15, 0.2) is 9.84 Å². The number of halogens is 1. The maximum absolute atomic E-state index is 11.6. The average Bonchev–Trinajstić information content (AvgIpc) is 2.86. The first kappa shape index (κ1) is 12.4. The van der Waals surface area contributed by atoms with E-state index in [0.717, 1.165) is 6.26 Å². The van der Waals surface area contributed by atoms with Gasteiger partial charge in [0, 0.05) is 17.2 Å². The molecular weight excluding hydrogens is 260 g/mol. The number of hydrogen-bond acceptors (Lipinski definition) is 4. The molecule has 0 unspecified atom stereocenters. The van der Waals surface area contributed by atoms with E-state index in [9.17, 15) is 8.42 Å². The molecule has 0 aliphatic heterocycles. The Morgan fingerprint density at radius 1 is 1.53 bits per heavy atom. The molecule has 0 aromatic heterocycles. The van der Waals surface area contributed by atoms with Crippen molar-refractivity contribution in [1.82, 2.24) is 0 Å². The quantitative estimate of drug-likeness (QED) is 0.871. The Balaban J connectivity index is 2.46. The third-order valence-electron chi connectivity index (χ3n) is 3.04. The van der Waals surface area contributed by atoms with E-state index in [1.54, 1.807) is 24.3 Å². The molecule has 4 nitrogen and oxygen atoms in total. The number of nitriles is 1. The van der Waals surface area contributed by atoms with Crippen LogP contribution in [0.2, 0.25) is 5.02 Å². The van der Waals surface area contributed by atoms with Crippen LogP contribution in [-0.2, 0) is 9.84 Å². The van der Waals surface area contributed by atoms with Crippen molar-refractivity contribution in [3.05, 3.63) is 34.9 Å². The fourth-order valence-corrected chi connectivity index (χ4v) is 4.16. The molecule has 1 fully saturated rings. The first-order chi connectivity index (χ1) is 7.80. The zero-order valence-corrected chi connectivity index (χ0v) is 10.7. The SMILES string of the molecule is CS(=O)(=O)[C@@H]1[C@H](c2cccc(Cl)c2)[C@@]1(N)C#N. The van der Waals surface area contributed by atoms with Crippen molar-refractivity contribution in [3.63, 3.8) is 0 Å². The van der Waals surface area contributed by atoms with Crippen molar-refractivity contribution in [3.8, 4) is 6.07 Å². The minimum atomic E-state index is -3.35. The summed E-state index contributed by atoms with van der Waals surface area (Å²) in [5, 5.41) is 8.68. The Hall–Kier alpha value is -1.09. The molecule has 1 saturated carbocycles. The van der Waals surface area contributed by atoms with Crippen LogP contribution in [0.5, 0.6) is 0 Å². The van der Waals surface area contributed by atoms with E-state index in [2.05, 4.69) is 0 Å². The number of benzene rings is 1. The van der Waals surface area contributed by atoms with Gasteiger partial charge in [0.05, 0.1) is 6.07 Å². The Kier molecular flexibility index (Phi) is 2.69. The highest BCUT2D eigenvalue weighted by Gasteiger charge is 2.69. The van der Waals surface area contributed by atoms with E-state index < -0.39 is 26.5 Å². The van der Waals surface area contributed by atoms with Gasteiger partial charge in [-0.05, 0) is 17.7 Å². The van der Waals surface area contributed by atoms with E-state index in [4.69, 9.17) is 22.6 Å². The lowest BCUT2D eigenvalue weighted by Crippen LogP contribution is -2.28. The molecule has 90 valence electrons. The number of nitrogens with zero attached hydrogens (tertiary/aromatic N) is 1. The van der Waals surface area contributed by atoms with Crippen LogP contribution in [0.3, 0.4) is 0 Å². The predicted molar refractivity (Wildman–Crippen MR) is 65.4 cm³/mol. The standard InChI is InChI=1S/C11H11ClN2O2S/c1-17(15,16)10-9(11(10,14)6-13)7-3-2-4-8(12)5-7/h2-5,9-10H,14H2,1H3/t9-,10+,11-/m0/s1. The molecule has 1 aliphatic rings. The highest BCUT2D eigenvalue weighted by atomic mass is 35.5. The molecule has 0 radical (unpaired) electrons. The van der Waals surface area contributed by atoms with Gasteiger partial charge in [0.1, 0.15) is 10.8 Å². The lowest BCUT2D eigenvalue weighted by molar-refractivity contribution is 0.597. The summed E-state index contributed by atoms with van der Waals surface area (Å²) >= 11 is 5.84. The van der Waals surface area contributed by atoms with Gasteiger partial charge in [-0.3, -0.25) is 0 Å². The van der Waals surface area contributed by atoms with Crippen LogP contribution in [0.4, 0.5) is 0 Å². The molecule has 0 amide bonds. The molecule has 0 heterocycles. The average molecular weight is 271 g/mol. The van der Waals surface area contributed by atoms with Crippen molar-refractivity contribution in [1.29, 1.82) is 5.26 Å². The molecular formula is C11H11ClN2O2S. The Morgan fingerprint density at radius 3 is 2.59 bits per heavy atom. The molecule has 1 aromatic rings. The van der Waals surface area contributed by atoms with Crippen LogP contribution >= 0.6 is 11.6 Å². The van der Waals surface area contributed by atoms with Gasteiger partial charge in [-0.2, -0.15) is 5.26 Å². The topological polar surface area (TPSA) is 83.9 Å². The third kappa shape index (κ3) is 1.93. The first-order valence-corrected chi connectivity index (χ1v) is 7.28. The van der Waals surface area contributed by atoms with Crippen molar-refractivity contribution in [2.45, 2.75) is 16.7 Å². The highest BCUT2D eigenvalue weighted by Crippen LogP contribution is 2.53. The van der Waals surface area contributed by atoms with Crippen LogP contribution < -0.4 is 5.73 Å². The second-order valence-corrected chi connectivity index (χ2v) is 6.93. The van der Waals surface area contributed by atoms with Crippen molar-refractivity contribution in [2.24, 2.45) is 5.73 Å². The fourth-order valence-electron chi connectivity index (χ4n) is 2.26. The summed E-state index contributed by atoms with van der Waals surface area (Å²) in [6.07, 6.45) is 1.10. The van der Waals surface area contributed by atoms with Gasteiger partial charge < -0.3 is 5.73 Å². The summed E-state index contributed by atoms with van der Waals surface area (Å²) in [4.78, 5) is 0. The zero-order chi connectivity index (χ0) is 12.8. The second kappa shape index (κ2) is 3.70. The molecule has 3 atom stereocenters. The summed E-state index contributed by atoms with van der Waals surface area (Å²) in [5.74, 6) is -0.499. The van der Waals surface area contributed by atoms with Gasteiger partial charge in [-0.15, -0.1) is 0 Å². The lowest BCUT2D eigenvalue weighted by atomic mass is 10.1. The van der Waals surface area contributed by atoms with Gasteiger partial charge in [-0.1, -0.05) is 23.7 Å². The monoisotopic (exact) mass is 270 g/mol. The van der Waals surface area contributed by atoms with Gasteiger partial charge in [0.25, 0.3) is 0 Å². The van der Waals surface area contributed by atoms with Crippen LogP contribution in [0.25, 0.3) is 0 Å². The molecule has 1 aromatic carbocycles. The fraction of sp³-hybridized carbons (Fsp3) is 0.364. The summed E-state index contributed by atoms with van der Waals surface area (Å²) in [6.45, 7) is 0. The van der Waals surface area contributed by atoms with E-state index in [1.165, 1.54) is 0 Å². The van der Waals surface area contributed by atoms with Gasteiger partial charge >= 0.3 is 0 Å². The summed E-state index contributed by atoms with van der Waals surface area (Å²) in [6, 6.07) is 8.68. The minimum absolute atomic E-state index is 0.499. The number of sulfone groups is 1. The molecule has 6 heteroatoms. The van der Waals surface area contributed by atoms with Crippen molar-refractivity contribution in [2.75, 3.05) is 6.26 Å². The molecule has 2 rings (SSSR count). The second-order valence-electron chi connectivity index (χ2n) is 4.33. The van der Waals surface area contributed by atoms with Crippen LogP contribution in [-0.4, -0.2) is 25.5 Å². The Labute approximate surface area is 105 Å². The number of rotatable bonds is 2.